The lowest BCUT2D eigenvalue weighted by molar-refractivity contribution is -0.140. The Morgan fingerprint density at radius 1 is 1.00 bits per heavy atom. The lowest BCUT2D eigenvalue weighted by Crippen LogP contribution is -2.29. The van der Waals surface area contributed by atoms with Crippen LogP contribution in [0.5, 0.6) is 0 Å². The molecule has 0 bridgehead atoms. The fraction of sp³-hybridized carbons (Fsp3) is 0.222. The number of anilines is 1. The van der Waals surface area contributed by atoms with Crippen LogP contribution >= 0.6 is 0 Å². The predicted molar refractivity (Wildman–Crippen MR) is 85.7 cm³/mol. The van der Waals surface area contributed by atoms with Gasteiger partial charge in [-0.1, -0.05) is 55.5 Å². The molecule has 0 unspecified atom stereocenters. The monoisotopic (exact) mass is 297 g/mol. The maximum absolute atomic E-state index is 12.5. The van der Waals surface area contributed by atoms with E-state index in [0.717, 1.165) is 5.56 Å². The van der Waals surface area contributed by atoms with Gasteiger partial charge in [0.1, 0.15) is 0 Å². The molecule has 1 amide bonds. The van der Waals surface area contributed by atoms with Crippen LogP contribution in [0.25, 0.3) is 0 Å². The predicted octanol–water partition coefficient (Wildman–Crippen LogP) is 3.52. The number of nitrogens with one attached hydrogen (secondary N) is 1. The summed E-state index contributed by atoms with van der Waals surface area (Å²) in [6.07, 6.45) is -0.200. The van der Waals surface area contributed by atoms with Gasteiger partial charge in [-0.05, 0) is 23.6 Å². The summed E-state index contributed by atoms with van der Waals surface area (Å²) in [5.41, 5.74) is 1.63. The third-order valence-corrected chi connectivity index (χ3v) is 3.70. The van der Waals surface area contributed by atoms with Gasteiger partial charge in [0.15, 0.2) is 0 Å². The Morgan fingerprint density at radius 3 is 2.09 bits per heavy atom. The summed E-state index contributed by atoms with van der Waals surface area (Å²) in [5.74, 6) is -2.05. The molecular weight excluding hydrogens is 278 g/mol. The highest BCUT2D eigenvalue weighted by Crippen LogP contribution is 2.28. The second-order valence-electron chi connectivity index (χ2n) is 5.26. The number of hydrogen-bond acceptors (Lipinski definition) is 2. The number of rotatable bonds is 6. The van der Waals surface area contributed by atoms with Crippen molar-refractivity contribution in [2.75, 3.05) is 5.32 Å². The largest absolute Gasteiger partial charge is 0.481 e. The Kier molecular flexibility index (Phi) is 5.31. The van der Waals surface area contributed by atoms with Crippen molar-refractivity contribution in [2.24, 2.45) is 5.92 Å². The SMILES string of the molecule is C[C@H](c1ccccc1)[C@H](CC(=O)O)C(=O)Nc1ccccc1. The van der Waals surface area contributed by atoms with Crippen LogP contribution < -0.4 is 5.32 Å². The van der Waals surface area contributed by atoms with Crippen LogP contribution in [-0.4, -0.2) is 17.0 Å². The van der Waals surface area contributed by atoms with Gasteiger partial charge in [-0.15, -0.1) is 0 Å². The molecule has 0 aliphatic heterocycles. The Hall–Kier alpha value is -2.62. The first kappa shape index (κ1) is 15.8. The van der Waals surface area contributed by atoms with Crippen LogP contribution in [0, 0.1) is 5.92 Å². The van der Waals surface area contributed by atoms with Crippen LogP contribution in [0.4, 0.5) is 5.69 Å². The number of carboxylic acids is 1. The zero-order valence-corrected chi connectivity index (χ0v) is 12.4. The quantitative estimate of drug-likeness (QED) is 0.857. The third-order valence-electron chi connectivity index (χ3n) is 3.70. The maximum Gasteiger partial charge on any atom is 0.304 e. The Labute approximate surface area is 129 Å². The molecule has 0 saturated heterocycles. The highest BCUT2D eigenvalue weighted by atomic mass is 16.4. The zero-order chi connectivity index (χ0) is 15.9. The van der Waals surface area contributed by atoms with E-state index < -0.39 is 11.9 Å². The lowest BCUT2D eigenvalue weighted by Gasteiger charge is -2.22. The van der Waals surface area contributed by atoms with Gasteiger partial charge in [0, 0.05) is 5.69 Å². The molecular formula is C18H19NO3. The molecule has 2 rings (SSSR count). The fourth-order valence-electron chi connectivity index (χ4n) is 2.43. The van der Waals surface area contributed by atoms with Crippen molar-refractivity contribution in [1.82, 2.24) is 0 Å². The molecule has 2 atom stereocenters. The number of carboxylic acid groups (broad SMARTS) is 1. The smallest absolute Gasteiger partial charge is 0.304 e. The van der Waals surface area contributed by atoms with Crippen molar-refractivity contribution in [2.45, 2.75) is 19.3 Å². The van der Waals surface area contributed by atoms with Gasteiger partial charge in [-0.3, -0.25) is 9.59 Å². The summed E-state index contributed by atoms with van der Waals surface area (Å²) in [4.78, 5) is 23.6. The average molecular weight is 297 g/mol. The Morgan fingerprint density at radius 2 is 1.55 bits per heavy atom. The van der Waals surface area contributed by atoms with E-state index in [2.05, 4.69) is 5.32 Å². The van der Waals surface area contributed by atoms with Crippen molar-refractivity contribution >= 4 is 17.6 Å². The molecule has 0 saturated carbocycles. The van der Waals surface area contributed by atoms with Crippen molar-refractivity contribution in [3.8, 4) is 0 Å². The number of carbonyl (C=O) groups is 2. The number of carbonyl (C=O) groups excluding carboxylic acids is 1. The number of benzene rings is 2. The van der Waals surface area contributed by atoms with Crippen LogP contribution in [0.15, 0.2) is 60.7 Å². The van der Waals surface area contributed by atoms with E-state index in [-0.39, 0.29) is 18.2 Å². The molecule has 0 heterocycles. The number of aliphatic carboxylic acids is 1. The molecule has 0 fully saturated rings. The molecule has 22 heavy (non-hydrogen) atoms. The van der Waals surface area contributed by atoms with E-state index in [1.54, 1.807) is 12.1 Å². The van der Waals surface area contributed by atoms with E-state index in [9.17, 15) is 9.59 Å². The van der Waals surface area contributed by atoms with E-state index in [1.807, 2.05) is 55.5 Å². The van der Waals surface area contributed by atoms with Crippen molar-refractivity contribution in [3.05, 3.63) is 66.2 Å². The first-order chi connectivity index (χ1) is 10.6. The molecule has 2 aromatic carbocycles. The van der Waals surface area contributed by atoms with Crippen LogP contribution in [0.2, 0.25) is 0 Å². The van der Waals surface area contributed by atoms with E-state index in [1.165, 1.54) is 0 Å². The van der Waals surface area contributed by atoms with Gasteiger partial charge in [0.2, 0.25) is 5.91 Å². The Balaban J connectivity index is 2.18. The summed E-state index contributed by atoms with van der Waals surface area (Å²) >= 11 is 0. The second kappa shape index (κ2) is 7.41. The molecule has 4 heteroatoms. The molecule has 2 aromatic rings. The number of hydrogen-bond donors (Lipinski definition) is 2. The normalized spacial score (nSPS) is 13.1. The highest BCUT2D eigenvalue weighted by molar-refractivity contribution is 5.95. The second-order valence-corrected chi connectivity index (χ2v) is 5.26. The lowest BCUT2D eigenvalue weighted by atomic mass is 9.84. The molecule has 0 radical (unpaired) electrons. The standard InChI is InChI=1S/C18H19NO3/c1-13(14-8-4-2-5-9-14)16(12-17(20)21)18(22)19-15-10-6-3-7-11-15/h2-11,13,16H,12H2,1H3,(H,19,22)(H,20,21)/t13-,16+/m1/s1. The summed E-state index contributed by atoms with van der Waals surface area (Å²) in [6, 6.07) is 18.6. The fourth-order valence-corrected chi connectivity index (χ4v) is 2.43. The van der Waals surface area contributed by atoms with E-state index >= 15 is 0 Å². The van der Waals surface area contributed by atoms with Gasteiger partial charge >= 0.3 is 5.97 Å². The van der Waals surface area contributed by atoms with Crippen LogP contribution in [0.3, 0.4) is 0 Å². The molecule has 2 N–H and O–H groups in total. The molecule has 0 spiro atoms. The maximum atomic E-state index is 12.5. The molecule has 4 nitrogen and oxygen atoms in total. The van der Waals surface area contributed by atoms with Gasteiger partial charge in [-0.25, -0.2) is 0 Å². The minimum absolute atomic E-state index is 0.180. The molecule has 0 aliphatic carbocycles. The molecule has 0 aliphatic rings. The number of amides is 1. The molecule has 114 valence electrons. The van der Waals surface area contributed by atoms with E-state index in [0.29, 0.717) is 5.69 Å². The summed E-state index contributed by atoms with van der Waals surface area (Å²) < 4.78 is 0. The first-order valence-electron chi connectivity index (χ1n) is 7.20. The van der Waals surface area contributed by atoms with Crippen LogP contribution in [0.1, 0.15) is 24.8 Å². The average Bonchev–Trinajstić information content (AvgIpc) is 2.53. The first-order valence-corrected chi connectivity index (χ1v) is 7.20. The van der Waals surface area contributed by atoms with Crippen LogP contribution in [-0.2, 0) is 9.59 Å². The zero-order valence-electron chi connectivity index (χ0n) is 12.4. The summed E-state index contributed by atoms with van der Waals surface area (Å²) in [6.45, 7) is 1.88. The Bertz CT molecular complexity index is 625. The van der Waals surface area contributed by atoms with Crippen molar-refractivity contribution in [1.29, 1.82) is 0 Å². The number of para-hydroxylation sites is 1. The topological polar surface area (TPSA) is 66.4 Å². The summed E-state index contributed by atoms with van der Waals surface area (Å²) in [5, 5.41) is 11.9. The summed E-state index contributed by atoms with van der Waals surface area (Å²) in [7, 11) is 0. The highest BCUT2D eigenvalue weighted by Gasteiger charge is 2.28. The van der Waals surface area contributed by atoms with Crippen molar-refractivity contribution < 1.29 is 14.7 Å². The van der Waals surface area contributed by atoms with Gasteiger partial charge in [-0.2, -0.15) is 0 Å². The third kappa shape index (κ3) is 4.19. The van der Waals surface area contributed by atoms with Crippen molar-refractivity contribution in [3.63, 3.8) is 0 Å². The van der Waals surface area contributed by atoms with E-state index in [4.69, 9.17) is 5.11 Å². The van der Waals surface area contributed by atoms with Gasteiger partial charge in [0.25, 0.3) is 0 Å². The van der Waals surface area contributed by atoms with Gasteiger partial charge in [0.05, 0.1) is 12.3 Å². The molecule has 0 aromatic heterocycles. The van der Waals surface area contributed by atoms with Gasteiger partial charge < -0.3 is 10.4 Å². The minimum atomic E-state index is -0.976. The minimum Gasteiger partial charge on any atom is -0.481 e.